The van der Waals surface area contributed by atoms with Crippen molar-refractivity contribution >= 4 is 17.5 Å². The van der Waals surface area contributed by atoms with E-state index >= 15 is 0 Å². The molecule has 0 aliphatic carbocycles. The lowest BCUT2D eigenvalue weighted by Crippen LogP contribution is -2.31. The molecule has 190 valence electrons. The summed E-state index contributed by atoms with van der Waals surface area (Å²) in [5.41, 5.74) is 9.81. The van der Waals surface area contributed by atoms with Crippen LogP contribution in [0.2, 0.25) is 0 Å². The van der Waals surface area contributed by atoms with Crippen molar-refractivity contribution in [2.75, 3.05) is 5.32 Å². The van der Waals surface area contributed by atoms with Gasteiger partial charge >= 0.3 is 6.18 Å². The zero-order valence-electron chi connectivity index (χ0n) is 19.1. The first-order valence-electron chi connectivity index (χ1n) is 10.6. The molecule has 0 aromatic heterocycles. The molecule has 0 bridgehead atoms. The van der Waals surface area contributed by atoms with Crippen LogP contribution < -0.4 is 21.5 Å². The summed E-state index contributed by atoms with van der Waals surface area (Å²) in [6.07, 6.45) is -4.75. The van der Waals surface area contributed by atoms with Crippen LogP contribution >= 0.6 is 0 Å². The minimum Gasteiger partial charge on any atom is -0.456 e. The maximum absolute atomic E-state index is 14.3. The monoisotopic (exact) mass is 507 g/mol. The van der Waals surface area contributed by atoms with Crippen molar-refractivity contribution in [3.63, 3.8) is 0 Å². The summed E-state index contributed by atoms with van der Waals surface area (Å²) in [6, 6.07) is 8.06. The van der Waals surface area contributed by atoms with E-state index in [4.69, 9.17) is 16.2 Å². The second-order valence-electron chi connectivity index (χ2n) is 8.13. The van der Waals surface area contributed by atoms with Crippen molar-refractivity contribution in [3.05, 3.63) is 88.5 Å². The van der Waals surface area contributed by atoms with Gasteiger partial charge in [-0.3, -0.25) is 9.59 Å². The Morgan fingerprint density at radius 1 is 0.972 bits per heavy atom. The third kappa shape index (κ3) is 5.98. The molecule has 3 aromatic rings. The number of hydrogen-bond acceptors (Lipinski definition) is 4. The minimum atomic E-state index is -4.75. The predicted molar refractivity (Wildman–Crippen MR) is 122 cm³/mol. The van der Waals surface area contributed by atoms with Gasteiger partial charge in [0, 0.05) is 17.3 Å². The second-order valence-corrected chi connectivity index (χ2v) is 8.13. The number of benzene rings is 3. The Kier molecular flexibility index (Phi) is 7.63. The van der Waals surface area contributed by atoms with Gasteiger partial charge in [0.05, 0.1) is 17.0 Å². The molecule has 0 saturated carbocycles. The SMILES string of the molecule is Cc1cc(F)ccc1Oc1ccc(C(F)(F)F)cc1C(=O)Nc1ccc(F)c(C(N)C(C)C(N)=O)c1. The smallest absolute Gasteiger partial charge is 0.416 e. The molecule has 5 N–H and O–H groups in total. The van der Waals surface area contributed by atoms with Crippen molar-refractivity contribution in [1.29, 1.82) is 0 Å². The topological polar surface area (TPSA) is 107 Å². The van der Waals surface area contributed by atoms with Gasteiger partial charge in [0.1, 0.15) is 23.1 Å². The fraction of sp³-hybridized carbons (Fsp3) is 0.200. The van der Waals surface area contributed by atoms with Gasteiger partial charge in [-0.05, 0) is 67.1 Å². The van der Waals surface area contributed by atoms with E-state index in [0.29, 0.717) is 11.6 Å². The number of anilines is 1. The number of ether oxygens (including phenoxy) is 1. The summed E-state index contributed by atoms with van der Waals surface area (Å²) >= 11 is 0. The summed E-state index contributed by atoms with van der Waals surface area (Å²) < 4.78 is 73.4. The Balaban J connectivity index is 1.99. The minimum absolute atomic E-state index is 0.00449. The molecular weight excluding hydrogens is 485 g/mol. The Labute approximate surface area is 203 Å². The molecule has 0 fully saturated rings. The Morgan fingerprint density at radius 2 is 1.64 bits per heavy atom. The molecule has 0 aliphatic heterocycles. The van der Waals surface area contributed by atoms with E-state index in [9.17, 15) is 31.5 Å². The largest absolute Gasteiger partial charge is 0.456 e. The van der Waals surface area contributed by atoms with Gasteiger partial charge in [-0.15, -0.1) is 0 Å². The van der Waals surface area contributed by atoms with Crippen LogP contribution in [0, 0.1) is 24.5 Å². The van der Waals surface area contributed by atoms with E-state index in [1.54, 1.807) is 0 Å². The predicted octanol–water partition coefficient (Wildman–Crippen LogP) is 5.46. The highest BCUT2D eigenvalue weighted by Gasteiger charge is 2.32. The maximum atomic E-state index is 14.3. The molecule has 36 heavy (non-hydrogen) atoms. The van der Waals surface area contributed by atoms with E-state index in [2.05, 4.69) is 5.32 Å². The van der Waals surface area contributed by atoms with Gasteiger partial charge in [-0.25, -0.2) is 8.78 Å². The standard InChI is InChI=1S/C25H22F5N3O3/c1-12-9-15(26)4-8-20(12)36-21-7-3-14(25(28,29)30)10-18(21)24(35)33-16-5-6-19(27)17(11-16)22(31)13(2)23(32)34/h3-11,13,22H,31H2,1-2H3,(H2,32,34)(H,33,35). The Morgan fingerprint density at radius 3 is 2.25 bits per heavy atom. The fourth-order valence-corrected chi connectivity index (χ4v) is 3.34. The average molecular weight is 507 g/mol. The van der Waals surface area contributed by atoms with Crippen LogP contribution in [0.25, 0.3) is 0 Å². The van der Waals surface area contributed by atoms with E-state index in [1.165, 1.54) is 26.0 Å². The van der Waals surface area contributed by atoms with E-state index in [1.807, 2.05) is 0 Å². The van der Waals surface area contributed by atoms with Crippen LogP contribution in [0.5, 0.6) is 11.5 Å². The number of amides is 2. The quantitative estimate of drug-likeness (QED) is 0.369. The average Bonchev–Trinajstić information content (AvgIpc) is 2.80. The zero-order chi connectivity index (χ0) is 26.8. The number of carbonyl (C=O) groups is 2. The molecule has 0 aliphatic rings. The summed E-state index contributed by atoms with van der Waals surface area (Å²) in [5, 5.41) is 2.39. The van der Waals surface area contributed by atoms with Crippen LogP contribution in [0.15, 0.2) is 54.6 Å². The van der Waals surface area contributed by atoms with Gasteiger partial charge < -0.3 is 21.5 Å². The first-order chi connectivity index (χ1) is 16.8. The number of hydrogen-bond donors (Lipinski definition) is 3. The van der Waals surface area contributed by atoms with Crippen molar-refractivity contribution in [2.24, 2.45) is 17.4 Å². The molecule has 3 rings (SSSR count). The fourth-order valence-electron chi connectivity index (χ4n) is 3.34. The molecule has 3 aromatic carbocycles. The molecule has 0 spiro atoms. The maximum Gasteiger partial charge on any atom is 0.416 e. The molecule has 0 saturated heterocycles. The third-order valence-electron chi connectivity index (χ3n) is 5.51. The molecule has 6 nitrogen and oxygen atoms in total. The number of carbonyl (C=O) groups excluding carboxylic acids is 2. The van der Waals surface area contributed by atoms with Gasteiger partial charge in [0.15, 0.2) is 0 Å². The first-order valence-corrected chi connectivity index (χ1v) is 10.6. The first kappa shape index (κ1) is 26.6. The van der Waals surface area contributed by atoms with Gasteiger partial charge in [-0.2, -0.15) is 13.2 Å². The van der Waals surface area contributed by atoms with Crippen molar-refractivity contribution in [2.45, 2.75) is 26.1 Å². The molecule has 2 unspecified atom stereocenters. The number of primary amides is 1. The lowest BCUT2D eigenvalue weighted by Gasteiger charge is -2.19. The number of nitrogens with one attached hydrogen (secondary N) is 1. The number of alkyl halides is 3. The van der Waals surface area contributed by atoms with Crippen molar-refractivity contribution < 1.29 is 36.3 Å². The van der Waals surface area contributed by atoms with Crippen LogP contribution in [0.3, 0.4) is 0 Å². The van der Waals surface area contributed by atoms with Crippen LogP contribution in [-0.2, 0) is 11.0 Å². The Bertz CT molecular complexity index is 1310. The molecule has 2 atom stereocenters. The van der Waals surface area contributed by atoms with E-state index in [-0.39, 0.29) is 22.7 Å². The summed E-state index contributed by atoms with van der Waals surface area (Å²) in [5.74, 6) is -4.10. The van der Waals surface area contributed by atoms with Crippen LogP contribution in [0.4, 0.5) is 27.6 Å². The highest BCUT2D eigenvalue weighted by molar-refractivity contribution is 6.06. The molecule has 0 radical (unpaired) electrons. The van der Waals surface area contributed by atoms with E-state index < -0.39 is 52.7 Å². The molecule has 0 heterocycles. The third-order valence-corrected chi connectivity index (χ3v) is 5.51. The lowest BCUT2D eigenvalue weighted by atomic mass is 9.94. The normalized spacial score (nSPS) is 13.1. The number of rotatable bonds is 7. The molecule has 11 heteroatoms. The highest BCUT2D eigenvalue weighted by Crippen LogP contribution is 2.35. The van der Waals surface area contributed by atoms with Crippen molar-refractivity contribution in [3.8, 4) is 11.5 Å². The van der Waals surface area contributed by atoms with Gasteiger partial charge in [0.2, 0.25) is 5.91 Å². The summed E-state index contributed by atoms with van der Waals surface area (Å²) in [7, 11) is 0. The molecular formula is C25H22F5N3O3. The number of nitrogens with two attached hydrogens (primary N) is 2. The number of halogens is 5. The van der Waals surface area contributed by atoms with Gasteiger partial charge in [0.25, 0.3) is 5.91 Å². The summed E-state index contributed by atoms with van der Waals surface area (Å²) in [4.78, 5) is 24.5. The highest BCUT2D eigenvalue weighted by atomic mass is 19.4. The van der Waals surface area contributed by atoms with Crippen LogP contribution in [0.1, 0.15) is 40.0 Å². The van der Waals surface area contributed by atoms with Crippen molar-refractivity contribution in [1.82, 2.24) is 0 Å². The summed E-state index contributed by atoms with van der Waals surface area (Å²) in [6.45, 7) is 2.93. The Hall–Kier alpha value is -3.99. The number of aryl methyl sites for hydroxylation is 1. The lowest BCUT2D eigenvalue weighted by molar-refractivity contribution is -0.137. The zero-order valence-corrected chi connectivity index (χ0v) is 19.1. The molecule has 2 amide bonds. The van der Waals surface area contributed by atoms with E-state index in [0.717, 1.165) is 36.4 Å². The van der Waals surface area contributed by atoms with Gasteiger partial charge in [-0.1, -0.05) is 6.92 Å². The second kappa shape index (κ2) is 10.3. The van der Waals surface area contributed by atoms with Crippen LogP contribution in [-0.4, -0.2) is 11.8 Å².